The number of nitrogens with zero attached hydrogens (tertiary/aromatic N) is 1. The summed E-state index contributed by atoms with van der Waals surface area (Å²) in [7, 11) is 0. The van der Waals surface area contributed by atoms with E-state index in [0.29, 0.717) is 5.69 Å². The van der Waals surface area contributed by atoms with Crippen LogP contribution >= 0.6 is 0 Å². The number of hydrogen-bond donors (Lipinski definition) is 2. The molecule has 0 unspecified atom stereocenters. The maximum Gasteiger partial charge on any atom is 0.244 e. The summed E-state index contributed by atoms with van der Waals surface area (Å²) in [6.07, 6.45) is 0. The number of anilines is 2. The van der Waals surface area contributed by atoms with Crippen LogP contribution < -0.4 is 16.0 Å². The minimum absolute atomic E-state index is 0.0232. The molecule has 1 aliphatic heterocycles. The fourth-order valence-electron chi connectivity index (χ4n) is 2.03. The highest BCUT2D eigenvalue weighted by Crippen LogP contribution is 2.36. The Hall–Kier alpha value is -1.88. The molecule has 0 bridgehead atoms. The van der Waals surface area contributed by atoms with Gasteiger partial charge in [0, 0.05) is 5.54 Å². The monoisotopic (exact) mass is 275 g/mol. The molecule has 3 N–H and O–H groups in total. The summed E-state index contributed by atoms with van der Waals surface area (Å²) in [5.41, 5.74) is 6.03. The number of nitrogens with one attached hydrogen (secondary N) is 1. The normalized spacial score (nSPS) is 15.7. The van der Waals surface area contributed by atoms with Crippen LogP contribution in [0.15, 0.2) is 24.3 Å². The first-order valence-corrected chi connectivity index (χ1v) is 6.64. The van der Waals surface area contributed by atoms with Gasteiger partial charge in [-0.2, -0.15) is 0 Å². The molecule has 108 valence electrons. The lowest BCUT2D eigenvalue weighted by Crippen LogP contribution is -2.58. The highest BCUT2D eigenvalue weighted by molar-refractivity contribution is 6.11. The van der Waals surface area contributed by atoms with E-state index in [1.165, 1.54) is 4.90 Å². The minimum Gasteiger partial charge on any atom is -0.325 e. The lowest BCUT2D eigenvalue weighted by molar-refractivity contribution is -0.130. The van der Waals surface area contributed by atoms with Gasteiger partial charge in [-0.3, -0.25) is 9.59 Å². The minimum atomic E-state index is -0.780. The van der Waals surface area contributed by atoms with Crippen LogP contribution in [0, 0.1) is 5.41 Å². The van der Waals surface area contributed by atoms with E-state index in [4.69, 9.17) is 5.73 Å². The Kier molecular flexibility index (Phi) is 3.34. The highest BCUT2D eigenvalue weighted by atomic mass is 16.2. The lowest BCUT2D eigenvalue weighted by Gasteiger charge is -2.41. The number of amides is 2. The van der Waals surface area contributed by atoms with Crippen molar-refractivity contribution in [2.75, 3.05) is 16.8 Å². The van der Waals surface area contributed by atoms with Gasteiger partial charge >= 0.3 is 0 Å². The second kappa shape index (κ2) is 4.59. The Labute approximate surface area is 119 Å². The Morgan fingerprint density at radius 1 is 1.25 bits per heavy atom. The van der Waals surface area contributed by atoms with Gasteiger partial charge < -0.3 is 16.0 Å². The predicted octanol–water partition coefficient (Wildman–Crippen LogP) is 1.74. The molecule has 1 aliphatic rings. The summed E-state index contributed by atoms with van der Waals surface area (Å²) in [4.78, 5) is 26.1. The van der Waals surface area contributed by atoms with Gasteiger partial charge in [0.1, 0.15) is 6.54 Å². The summed E-state index contributed by atoms with van der Waals surface area (Å²) < 4.78 is 0. The van der Waals surface area contributed by atoms with E-state index in [0.717, 1.165) is 5.69 Å². The van der Waals surface area contributed by atoms with Gasteiger partial charge in [0.2, 0.25) is 11.8 Å². The van der Waals surface area contributed by atoms with Crippen LogP contribution in [0.5, 0.6) is 0 Å². The van der Waals surface area contributed by atoms with E-state index in [-0.39, 0.29) is 18.4 Å². The molecular weight excluding hydrogens is 254 g/mol. The molecule has 0 aliphatic carbocycles. The number of nitrogens with two attached hydrogens (primary N) is 1. The quantitative estimate of drug-likeness (QED) is 0.863. The number of fused-ring (bicyclic) bond motifs is 1. The van der Waals surface area contributed by atoms with Crippen molar-refractivity contribution in [3.63, 3.8) is 0 Å². The smallest absolute Gasteiger partial charge is 0.244 e. The second-order valence-electron chi connectivity index (χ2n) is 6.30. The Bertz CT molecular complexity index is 558. The van der Waals surface area contributed by atoms with Gasteiger partial charge in [0.05, 0.1) is 16.8 Å². The number of hydrogen-bond acceptors (Lipinski definition) is 3. The first-order chi connectivity index (χ1) is 9.14. The van der Waals surface area contributed by atoms with Crippen molar-refractivity contribution in [1.29, 1.82) is 0 Å². The fraction of sp³-hybridized carbons (Fsp3) is 0.467. The van der Waals surface area contributed by atoms with Crippen molar-refractivity contribution in [2.24, 2.45) is 11.1 Å². The largest absolute Gasteiger partial charge is 0.325 e. The molecule has 0 aromatic heterocycles. The topological polar surface area (TPSA) is 75.4 Å². The Balaban J connectivity index is 2.44. The molecule has 0 spiro atoms. The number of carbonyl (C=O) groups is 2. The third-order valence-corrected chi connectivity index (χ3v) is 4.16. The average Bonchev–Trinajstić information content (AvgIpc) is 2.35. The van der Waals surface area contributed by atoms with Crippen LogP contribution in [0.3, 0.4) is 0 Å². The number of rotatable bonds is 2. The summed E-state index contributed by atoms with van der Waals surface area (Å²) in [5, 5.41) is 2.77. The van der Waals surface area contributed by atoms with Crippen LogP contribution in [0.1, 0.15) is 27.7 Å². The number of carbonyl (C=O) groups excluding carboxylic acids is 2. The zero-order valence-corrected chi connectivity index (χ0v) is 12.4. The zero-order valence-electron chi connectivity index (χ0n) is 12.4. The third kappa shape index (κ3) is 2.29. The molecule has 0 fully saturated rings. The molecule has 2 amide bonds. The summed E-state index contributed by atoms with van der Waals surface area (Å²) in [6.45, 7) is 7.28. The molecule has 20 heavy (non-hydrogen) atoms. The van der Waals surface area contributed by atoms with Crippen molar-refractivity contribution in [3.05, 3.63) is 24.3 Å². The first-order valence-electron chi connectivity index (χ1n) is 6.64. The zero-order chi connectivity index (χ0) is 15.1. The van der Waals surface area contributed by atoms with Crippen molar-refractivity contribution < 1.29 is 9.59 Å². The van der Waals surface area contributed by atoms with E-state index in [2.05, 4.69) is 5.32 Å². The average molecular weight is 275 g/mol. The predicted molar refractivity (Wildman–Crippen MR) is 79.5 cm³/mol. The van der Waals surface area contributed by atoms with E-state index in [9.17, 15) is 9.59 Å². The van der Waals surface area contributed by atoms with Gasteiger partial charge in [-0.1, -0.05) is 12.1 Å². The van der Waals surface area contributed by atoms with Gasteiger partial charge in [-0.15, -0.1) is 0 Å². The molecule has 5 nitrogen and oxygen atoms in total. The Morgan fingerprint density at radius 3 is 2.45 bits per heavy atom. The van der Waals surface area contributed by atoms with Crippen LogP contribution in [0.2, 0.25) is 0 Å². The fourth-order valence-corrected chi connectivity index (χ4v) is 2.03. The molecule has 0 saturated carbocycles. The standard InChI is InChI=1S/C15H21N3O2/c1-14(2,15(3,4)16)13(20)18-9-12(19)17-10-7-5-6-8-11(10)18/h5-8H,9,16H2,1-4H3,(H,17,19). The van der Waals surface area contributed by atoms with E-state index in [1.54, 1.807) is 6.07 Å². The van der Waals surface area contributed by atoms with E-state index < -0.39 is 11.0 Å². The van der Waals surface area contributed by atoms with Gasteiger partial charge in [-0.25, -0.2) is 0 Å². The summed E-state index contributed by atoms with van der Waals surface area (Å²) in [5.74, 6) is -0.338. The SMILES string of the molecule is CC(C)(N)C(C)(C)C(=O)N1CC(=O)Nc2ccccc21. The molecular formula is C15H21N3O2. The van der Waals surface area contributed by atoms with Gasteiger partial charge in [-0.05, 0) is 39.8 Å². The summed E-state index contributed by atoms with van der Waals surface area (Å²) >= 11 is 0. The molecule has 1 aromatic rings. The van der Waals surface area contributed by atoms with E-state index in [1.807, 2.05) is 45.9 Å². The lowest BCUT2D eigenvalue weighted by atomic mass is 9.74. The molecule has 2 rings (SSSR count). The van der Waals surface area contributed by atoms with Gasteiger partial charge in [0.25, 0.3) is 0 Å². The molecule has 1 heterocycles. The van der Waals surface area contributed by atoms with Crippen LogP contribution in [-0.2, 0) is 9.59 Å². The molecule has 5 heteroatoms. The van der Waals surface area contributed by atoms with Crippen LogP contribution in [0.4, 0.5) is 11.4 Å². The van der Waals surface area contributed by atoms with Gasteiger partial charge in [0.15, 0.2) is 0 Å². The van der Waals surface area contributed by atoms with E-state index >= 15 is 0 Å². The first kappa shape index (κ1) is 14.5. The molecule has 0 atom stereocenters. The highest BCUT2D eigenvalue weighted by Gasteiger charge is 2.44. The summed E-state index contributed by atoms with van der Waals surface area (Å²) in [6, 6.07) is 7.28. The van der Waals surface area contributed by atoms with Crippen LogP contribution in [-0.4, -0.2) is 23.9 Å². The third-order valence-electron chi connectivity index (χ3n) is 4.16. The molecule has 0 radical (unpaired) electrons. The maximum atomic E-state index is 12.8. The number of benzene rings is 1. The molecule has 0 saturated heterocycles. The van der Waals surface area contributed by atoms with Crippen molar-refractivity contribution in [3.8, 4) is 0 Å². The number of para-hydroxylation sites is 2. The second-order valence-corrected chi connectivity index (χ2v) is 6.30. The Morgan fingerprint density at radius 2 is 1.85 bits per heavy atom. The van der Waals surface area contributed by atoms with Crippen LogP contribution in [0.25, 0.3) is 0 Å². The van der Waals surface area contributed by atoms with Crippen molar-refractivity contribution in [2.45, 2.75) is 33.2 Å². The molecule has 1 aromatic carbocycles. The van der Waals surface area contributed by atoms with Crippen molar-refractivity contribution in [1.82, 2.24) is 0 Å². The van der Waals surface area contributed by atoms with Crippen molar-refractivity contribution >= 4 is 23.2 Å². The maximum absolute atomic E-state index is 12.8.